The number of hydrogen-bond donors (Lipinski definition) is 2. The van der Waals surface area contributed by atoms with Crippen molar-refractivity contribution >= 4 is 46.6 Å². The molecule has 0 aliphatic carbocycles. The Hall–Kier alpha value is -3.17. The van der Waals surface area contributed by atoms with Crippen molar-refractivity contribution in [3.63, 3.8) is 0 Å². The van der Waals surface area contributed by atoms with Gasteiger partial charge in [-0.25, -0.2) is 9.38 Å². The lowest BCUT2D eigenvalue weighted by molar-refractivity contribution is -0.114. The fourth-order valence-corrected chi connectivity index (χ4v) is 4.34. The summed E-state index contributed by atoms with van der Waals surface area (Å²) in [4.78, 5) is 27.7. The largest absolute Gasteiger partial charge is 0.493 e. The van der Waals surface area contributed by atoms with Crippen molar-refractivity contribution < 1.29 is 19.1 Å². The molecule has 140 valence electrons. The Morgan fingerprint density at radius 2 is 1.96 bits per heavy atom. The lowest BCUT2D eigenvalue weighted by Gasteiger charge is -2.07. The number of carbonyl (C=O) groups is 2. The Morgan fingerprint density at radius 1 is 1.25 bits per heavy atom. The highest BCUT2D eigenvalue weighted by Gasteiger charge is 2.26. The highest BCUT2D eigenvalue weighted by molar-refractivity contribution is 7.73. The highest BCUT2D eigenvalue weighted by atomic mass is 32.1. The van der Waals surface area contributed by atoms with Crippen LogP contribution in [0.25, 0.3) is 11.3 Å². The summed E-state index contributed by atoms with van der Waals surface area (Å²) >= 11 is 6.40. The summed E-state index contributed by atoms with van der Waals surface area (Å²) in [7, 11) is 0. The number of nitrogens with zero attached hydrogens (tertiary/aromatic N) is 2. The first-order chi connectivity index (χ1) is 13.3. The molecule has 0 fully saturated rings. The Kier molecular flexibility index (Phi) is 4.40. The average molecular weight is 413 g/mol. The number of amides is 2. The number of benzene rings is 2. The van der Waals surface area contributed by atoms with Crippen LogP contribution in [-0.4, -0.2) is 21.5 Å². The molecule has 0 spiro atoms. The van der Waals surface area contributed by atoms with E-state index in [9.17, 15) is 19.1 Å². The van der Waals surface area contributed by atoms with E-state index >= 15 is 0 Å². The zero-order chi connectivity index (χ0) is 20.0. The summed E-state index contributed by atoms with van der Waals surface area (Å²) in [6.45, 7) is 1.41. The number of aromatic hydroxyl groups is 1. The second-order valence-corrected chi connectivity index (χ2v) is 7.68. The number of halogens is 1. The van der Waals surface area contributed by atoms with Crippen molar-refractivity contribution in [3.05, 3.63) is 67.7 Å². The van der Waals surface area contributed by atoms with Crippen LogP contribution in [-0.2, 0) is 9.59 Å². The molecular weight excluding hydrogens is 401 g/mol. The zero-order valence-electron chi connectivity index (χ0n) is 14.4. The maximum absolute atomic E-state index is 13.7. The molecule has 0 radical (unpaired) electrons. The first-order valence-electron chi connectivity index (χ1n) is 8.11. The van der Waals surface area contributed by atoms with Crippen LogP contribution in [0, 0.1) is 9.77 Å². The second kappa shape index (κ2) is 6.77. The van der Waals surface area contributed by atoms with Crippen molar-refractivity contribution in [1.82, 2.24) is 4.57 Å². The molecule has 2 amide bonds. The van der Waals surface area contributed by atoms with Crippen LogP contribution in [0.15, 0.2) is 47.5 Å². The molecule has 28 heavy (non-hydrogen) atoms. The summed E-state index contributed by atoms with van der Waals surface area (Å²) in [6, 6.07) is 10.6. The second-order valence-electron chi connectivity index (χ2n) is 6.04. The van der Waals surface area contributed by atoms with Crippen LogP contribution in [0.1, 0.15) is 11.8 Å². The number of aromatic nitrogens is 1. The fourth-order valence-electron chi connectivity index (χ4n) is 2.96. The first kappa shape index (κ1) is 18.2. The Labute approximate surface area is 166 Å². The van der Waals surface area contributed by atoms with E-state index < -0.39 is 11.7 Å². The minimum atomic E-state index is -0.555. The molecule has 0 saturated carbocycles. The van der Waals surface area contributed by atoms with Crippen molar-refractivity contribution in [2.75, 3.05) is 5.32 Å². The summed E-state index contributed by atoms with van der Waals surface area (Å²) in [6.07, 6.45) is 0. The minimum absolute atomic E-state index is 0.122. The lowest BCUT2D eigenvalue weighted by Crippen LogP contribution is -2.23. The third-order valence-corrected chi connectivity index (χ3v) is 5.50. The molecule has 0 unspecified atom stereocenters. The first-order valence-corrected chi connectivity index (χ1v) is 9.34. The van der Waals surface area contributed by atoms with Gasteiger partial charge < -0.3 is 10.4 Å². The summed E-state index contributed by atoms with van der Waals surface area (Å²) in [5.74, 6) is -1.48. The van der Waals surface area contributed by atoms with Gasteiger partial charge in [-0.1, -0.05) is 0 Å². The molecule has 0 bridgehead atoms. The van der Waals surface area contributed by atoms with E-state index in [1.165, 1.54) is 29.7 Å². The number of nitrogens with one attached hydrogen (secondary N) is 1. The van der Waals surface area contributed by atoms with Gasteiger partial charge >= 0.3 is 0 Å². The molecule has 1 aliphatic rings. The van der Waals surface area contributed by atoms with Crippen LogP contribution >= 0.6 is 23.6 Å². The molecule has 3 aromatic rings. The maximum atomic E-state index is 13.7. The van der Waals surface area contributed by atoms with Crippen LogP contribution in [0.2, 0.25) is 0 Å². The Bertz CT molecular complexity index is 1320. The van der Waals surface area contributed by atoms with Gasteiger partial charge in [-0.3, -0.25) is 14.2 Å². The normalized spacial score (nSPS) is 12.6. The molecule has 4 rings (SSSR count). The predicted molar refractivity (Wildman–Crippen MR) is 105 cm³/mol. The predicted octanol–water partition coefficient (Wildman–Crippen LogP) is 2.43. The van der Waals surface area contributed by atoms with Gasteiger partial charge in [0.05, 0.1) is 16.6 Å². The van der Waals surface area contributed by atoms with Crippen LogP contribution in [0.5, 0.6) is 5.88 Å². The summed E-state index contributed by atoms with van der Waals surface area (Å²) in [5, 5.41) is 14.1. The molecule has 2 aromatic carbocycles. The van der Waals surface area contributed by atoms with Crippen molar-refractivity contribution in [2.24, 2.45) is 4.99 Å². The van der Waals surface area contributed by atoms with E-state index in [-0.39, 0.29) is 22.2 Å². The number of carbonyl (C=O) groups excluding carboxylic acids is 2. The topological polar surface area (TPSA) is 83.7 Å². The van der Waals surface area contributed by atoms with E-state index in [4.69, 9.17) is 12.2 Å². The summed E-state index contributed by atoms with van der Waals surface area (Å²) < 4.78 is 15.4. The number of hydrogen-bond acceptors (Lipinski definition) is 5. The molecular formula is C19H12FN3O3S2. The van der Waals surface area contributed by atoms with E-state index in [2.05, 4.69) is 10.3 Å². The number of fused-ring (bicyclic) bond motifs is 1. The monoisotopic (exact) mass is 413 g/mol. The van der Waals surface area contributed by atoms with Gasteiger partial charge in [0, 0.05) is 17.8 Å². The van der Waals surface area contributed by atoms with Crippen molar-refractivity contribution in [1.29, 1.82) is 0 Å². The van der Waals surface area contributed by atoms with Crippen LogP contribution in [0.4, 0.5) is 10.1 Å². The molecule has 1 aliphatic heterocycles. The lowest BCUT2D eigenvalue weighted by atomic mass is 10.1. The third kappa shape index (κ3) is 3.04. The van der Waals surface area contributed by atoms with Crippen molar-refractivity contribution in [2.45, 2.75) is 6.92 Å². The van der Waals surface area contributed by atoms with E-state index in [0.29, 0.717) is 25.9 Å². The van der Waals surface area contributed by atoms with Crippen LogP contribution in [0.3, 0.4) is 0 Å². The summed E-state index contributed by atoms with van der Waals surface area (Å²) in [5.41, 5.74) is 1.28. The van der Waals surface area contributed by atoms with E-state index in [0.717, 1.165) is 11.3 Å². The minimum Gasteiger partial charge on any atom is -0.493 e. The van der Waals surface area contributed by atoms with Gasteiger partial charge in [0.15, 0.2) is 3.95 Å². The maximum Gasteiger partial charge on any atom is 0.279 e. The molecule has 9 heteroatoms. The van der Waals surface area contributed by atoms with Gasteiger partial charge in [0.2, 0.25) is 11.8 Å². The smallest absolute Gasteiger partial charge is 0.279 e. The van der Waals surface area contributed by atoms with Crippen LogP contribution < -0.4 is 15.9 Å². The molecule has 6 nitrogen and oxygen atoms in total. The van der Waals surface area contributed by atoms with Gasteiger partial charge in [-0.2, -0.15) is 0 Å². The van der Waals surface area contributed by atoms with E-state index in [1.54, 1.807) is 24.3 Å². The number of thiazole rings is 1. The highest BCUT2D eigenvalue weighted by Crippen LogP contribution is 2.35. The molecule has 1 aromatic heterocycles. The Morgan fingerprint density at radius 3 is 2.64 bits per heavy atom. The third-order valence-electron chi connectivity index (χ3n) is 4.12. The molecule has 2 N–H and O–H groups in total. The molecule has 0 saturated heterocycles. The quantitative estimate of drug-likeness (QED) is 0.646. The SMILES string of the molecule is CC(=O)Nc1ccc(-n2c(O)c(C3=c4cc(F)ccc4=NC3=O)sc2=S)cc1. The Balaban J connectivity index is 1.87. The van der Waals surface area contributed by atoms with Gasteiger partial charge in [0.1, 0.15) is 10.7 Å². The number of rotatable bonds is 3. The van der Waals surface area contributed by atoms with Gasteiger partial charge in [-0.05, 0) is 54.7 Å². The fraction of sp³-hybridized carbons (Fsp3) is 0.0526. The van der Waals surface area contributed by atoms with Gasteiger partial charge in [-0.15, -0.1) is 11.3 Å². The average Bonchev–Trinajstić information content (AvgIpc) is 3.10. The molecule has 0 atom stereocenters. The van der Waals surface area contributed by atoms with Gasteiger partial charge in [0.25, 0.3) is 5.91 Å². The van der Waals surface area contributed by atoms with E-state index in [1.807, 2.05) is 0 Å². The standard InChI is InChI=1S/C19H12FN3O3S2/c1-9(24)21-11-3-5-12(6-4-11)23-18(26)16(28-19(23)27)15-13-8-10(20)2-7-14(13)22-17(15)25/h2-8,26H,1H3,(H,21,24). The zero-order valence-corrected chi connectivity index (χ0v) is 16.0. The molecule has 2 heterocycles. The number of anilines is 1. The van der Waals surface area contributed by atoms with Crippen molar-refractivity contribution in [3.8, 4) is 11.6 Å².